The third kappa shape index (κ3) is 7.06. The van der Waals surface area contributed by atoms with Gasteiger partial charge in [0.25, 0.3) is 5.91 Å². The van der Waals surface area contributed by atoms with Crippen LogP contribution in [0.3, 0.4) is 0 Å². The average molecular weight is 434 g/mol. The third-order valence-corrected chi connectivity index (χ3v) is 6.10. The molecule has 1 aliphatic heterocycles. The Balaban J connectivity index is 0.00000392. The van der Waals surface area contributed by atoms with Crippen LogP contribution in [0.25, 0.3) is 0 Å². The summed E-state index contributed by atoms with van der Waals surface area (Å²) in [5.74, 6) is -0.216. The zero-order valence-corrected chi connectivity index (χ0v) is 17.4. The van der Waals surface area contributed by atoms with E-state index in [0.717, 1.165) is 36.7 Å². The van der Waals surface area contributed by atoms with Gasteiger partial charge in [0.15, 0.2) is 0 Å². The molecule has 0 unspecified atom stereocenters. The topological polar surface area (TPSA) is 99.2 Å². The molecule has 0 saturated carbocycles. The van der Waals surface area contributed by atoms with Gasteiger partial charge >= 0.3 is 0 Å². The molecule has 1 aromatic rings. The van der Waals surface area contributed by atoms with Crippen molar-refractivity contribution in [2.45, 2.75) is 30.6 Å². The summed E-state index contributed by atoms with van der Waals surface area (Å²) in [6.07, 6.45) is 5.55. The van der Waals surface area contributed by atoms with Crippen LogP contribution in [0.5, 0.6) is 5.75 Å². The zero-order valence-electron chi connectivity index (χ0n) is 15.7. The van der Waals surface area contributed by atoms with Gasteiger partial charge in [-0.05, 0) is 56.6 Å². The fourth-order valence-electron chi connectivity index (χ4n) is 2.85. The van der Waals surface area contributed by atoms with Crippen LogP contribution in [0, 0.1) is 0 Å². The first kappa shape index (κ1) is 24.4. The Hall–Kier alpha value is -1.65. The number of amides is 1. The minimum atomic E-state index is -3.90. The summed E-state index contributed by atoms with van der Waals surface area (Å²) in [5, 5.41) is 8.81. The highest BCUT2D eigenvalue weighted by Gasteiger charge is 2.29. The van der Waals surface area contributed by atoms with Crippen molar-refractivity contribution in [3.63, 3.8) is 0 Å². The Bertz CT molecular complexity index is 721. The molecule has 8 nitrogen and oxygen atoms in total. The summed E-state index contributed by atoms with van der Waals surface area (Å²) in [6, 6.07) is 6.08. The van der Waals surface area contributed by atoms with E-state index >= 15 is 0 Å². The van der Waals surface area contributed by atoms with Gasteiger partial charge in [-0.25, -0.2) is 13.9 Å². The normalized spacial score (nSPS) is 14.9. The van der Waals surface area contributed by atoms with Crippen molar-refractivity contribution in [1.82, 2.24) is 14.7 Å². The second kappa shape index (κ2) is 12.0. The van der Waals surface area contributed by atoms with E-state index in [4.69, 9.17) is 9.94 Å². The smallest absolute Gasteiger partial charge is 0.258 e. The Morgan fingerprint density at radius 3 is 2.46 bits per heavy atom. The van der Waals surface area contributed by atoms with Crippen LogP contribution in [-0.2, 0) is 14.8 Å². The monoisotopic (exact) mass is 433 g/mol. The van der Waals surface area contributed by atoms with Gasteiger partial charge in [-0.15, -0.1) is 19.0 Å². The minimum Gasteiger partial charge on any atom is -0.493 e. The molecule has 0 atom stereocenters. The molecule has 1 heterocycles. The highest BCUT2D eigenvalue weighted by Crippen LogP contribution is 2.21. The minimum absolute atomic E-state index is 0. The van der Waals surface area contributed by atoms with Gasteiger partial charge in [0, 0.05) is 0 Å². The quantitative estimate of drug-likeness (QED) is 0.253. The van der Waals surface area contributed by atoms with E-state index in [1.807, 2.05) is 4.90 Å². The molecule has 0 aromatic heterocycles. The molecule has 1 amide bonds. The van der Waals surface area contributed by atoms with Crippen molar-refractivity contribution in [1.29, 1.82) is 0 Å². The Kier molecular flexibility index (Phi) is 10.5. The number of rotatable bonds is 10. The highest BCUT2D eigenvalue weighted by atomic mass is 35.5. The maximum absolute atomic E-state index is 13.0. The van der Waals surface area contributed by atoms with Crippen molar-refractivity contribution in [2.75, 3.05) is 32.9 Å². The number of halogens is 1. The number of piperidine rings is 1. The predicted molar refractivity (Wildman–Crippen MR) is 108 cm³/mol. The Morgan fingerprint density at radius 2 is 1.89 bits per heavy atom. The van der Waals surface area contributed by atoms with Crippen molar-refractivity contribution >= 4 is 28.3 Å². The van der Waals surface area contributed by atoms with Gasteiger partial charge in [-0.3, -0.25) is 14.9 Å². The Labute approximate surface area is 172 Å². The summed E-state index contributed by atoms with van der Waals surface area (Å²) in [4.78, 5) is 13.7. The summed E-state index contributed by atoms with van der Waals surface area (Å²) in [5.41, 5.74) is 1.50. The second-order valence-electron chi connectivity index (χ2n) is 6.37. The number of carbonyl (C=O) groups is 1. The lowest BCUT2D eigenvalue weighted by atomic mass is 10.1. The zero-order chi connectivity index (χ0) is 19.7. The lowest BCUT2D eigenvalue weighted by Crippen LogP contribution is -2.47. The SMILES string of the molecule is C=CCCOc1ccc(S(=O)(=O)N(CC(=O)NO)CN2CCCCC2)cc1.Cl. The van der Waals surface area contributed by atoms with E-state index in [1.165, 1.54) is 17.6 Å². The molecule has 2 rings (SSSR count). The van der Waals surface area contributed by atoms with Crippen molar-refractivity contribution in [3.05, 3.63) is 36.9 Å². The maximum Gasteiger partial charge on any atom is 0.258 e. The number of hydrogen-bond acceptors (Lipinski definition) is 6. The fourth-order valence-corrected chi connectivity index (χ4v) is 4.23. The van der Waals surface area contributed by atoms with E-state index in [0.29, 0.717) is 18.8 Å². The number of carbonyl (C=O) groups excluding carboxylic acids is 1. The van der Waals surface area contributed by atoms with Crippen LogP contribution in [0.2, 0.25) is 0 Å². The first-order chi connectivity index (χ1) is 13.0. The van der Waals surface area contributed by atoms with Crippen LogP contribution >= 0.6 is 12.4 Å². The van der Waals surface area contributed by atoms with Crippen LogP contribution < -0.4 is 10.2 Å². The average Bonchev–Trinajstić information content (AvgIpc) is 2.68. The van der Waals surface area contributed by atoms with Crippen molar-refractivity contribution in [3.8, 4) is 5.75 Å². The number of likely N-dealkylation sites (tertiary alicyclic amines) is 1. The van der Waals surface area contributed by atoms with Gasteiger partial charge in [0.1, 0.15) is 5.75 Å². The number of hydrogen-bond donors (Lipinski definition) is 2. The number of benzene rings is 1. The molecule has 1 fully saturated rings. The van der Waals surface area contributed by atoms with Crippen molar-refractivity contribution < 1.29 is 23.2 Å². The predicted octanol–water partition coefficient (Wildman–Crippen LogP) is 2.00. The third-order valence-electron chi connectivity index (χ3n) is 4.30. The van der Waals surface area contributed by atoms with Gasteiger partial charge in [0.05, 0.1) is 24.7 Å². The molecular weight excluding hydrogens is 406 g/mol. The molecule has 158 valence electrons. The van der Waals surface area contributed by atoms with Crippen LogP contribution in [0.15, 0.2) is 41.8 Å². The van der Waals surface area contributed by atoms with E-state index < -0.39 is 22.5 Å². The maximum atomic E-state index is 13.0. The molecule has 0 spiro atoms. The standard InChI is InChI=1S/C18H27N3O5S.ClH/c1-2-3-13-26-16-7-9-17(10-8-16)27(24,25)21(14-18(22)19-23)15-20-11-5-4-6-12-20;/h2,7-10,23H,1,3-6,11-15H2,(H,19,22);1H. The molecular formula is C18H28ClN3O5S. The molecule has 0 radical (unpaired) electrons. The number of sulfonamides is 1. The molecule has 28 heavy (non-hydrogen) atoms. The van der Waals surface area contributed by atoms with Crippen LogP contribution in [0.1, 0.15) is 25.7 Å². The first-order valence-corrected chi connectivity index (χ1v) is 10.4. The van der Waals surface area contributed by atoms with E-state index in [-0.39, 0.29) is 24.0 Å². The number of hydroxylamine groups is 1. The summed E-state index contributed by atoms with van der Waals surface area (Å²) in [7, 11) is -3.90. The van der Waals surface area contributed by atoms with Gasteiger partial charge in [-0.1, -0.05) is 12.5 Å². The highest BCUT2D eigenvalue weighted by molar-refractivity contribution is 7.89. The fraction of sp³-hybridized carbons (Fsp3) is 0.500. The second-order valence-corrected chi connectivity index (χ2v) is 8.31. The Morgan fingerprint density at radius 1 is 1.25 bits per heavy atom. The molecule has 1 saturated heterocycles. The summed E-state index contributed by atoms with van der Waals surface area (Å²) >= 11 is 0. The first-order valence-electron chi connectivity index (χ1n) is 8.96. The van der Waals surface area contributed by atoms with E-state index in [2.05, 4.69) is 6.58 Å². The lowest BCUT2D eigenvalue weighted by molar-refractivity contribution is -0.129. The van der Waals surface area contributed by atoms with Gasteiger partial charge in [0.2, 0.25) is 10.0 Å². The summed E-state index contributed by atoms with van der Waals surface area (Å²) < 4.78 is 32.6. The lowest BCUT2D eigenvalue weighted by Gasteiger charge is -2.31. The molecule has 1 aliphatic rings. The number of nitrogens with one attached hydrogen (secondary N) is 1. The molecule has 2 N–H and O–H groups in total. The molecule has 0 aliphatic carbocycles. The summed E-state index contributed by atoms with van der Waals surface area (Å²) in [6.45, 7) is 5.30. The van der Waals surface area contributed by atoms with Crippen LogP contribution in [-0.4, -0.2) is 61.6 Å². The van der Waals surface area contributed by atoms with Gasteiger partial charge < -0.3 is 4.74 Å². The number of ether oxygens (including phenoxy) is 1. The number of nitrogens with zero attached hydrogens (tertiary/aromatic N) is 2. The largest absolute Gasteiger partial charge is 0.493 e. The van der Waals surface area contributed by atoms with Gasteiger partial charge in [-0.2, -0.15) is 4.31 Å². The molecule has 1 aromatic carbocycles. The van der Waals surface area contributed by atoms with E-state index in [9.17, 15) is 13.2 Å². The van der Waals surface area contributed by atoms with Crippen LogP contribution in [0.4, 0.5) is 0 Å². The molecule has 0 bridgehead atoms. The van der Waals surface area contributed by atoms with Crippen molar-refractivity contribution in [2.24, 2.45) is 0 Å². The molecule has 10 heteroatoms. The van der Waals surface area contributed by atoms with E-state index in [1.54, 1.807) is 18.2 Å².